The van der Waals surface area contributed by atoms with Gasteiger partial charge in [-0.1, -0.05) is 12.8 Å². The van der Waals surface area contributed by atoms with E-state index in [1.54, 1.807) is 12.3 Å². The van der Waals surface area contributed by atoms with Crippen molar-refractivity contribution in [1.29, 1.82) is 5.26 Å². The number of piperazine rings is 1. The summed E-state index contributed by atoms with van der Waals surface area (Å²) in [5, 5.41) is 9.16. The molecule has 0 N–H and O–H groups in total. The third-order valence-corrected chi connectivity index (χ3v) is 4.42. The summed E-state index contributed by atoms with van der Waals surface area (Å²) in [4.78, 5) is 9.09. The molecule has 1 saturated heterocycles. The zero-order valence-corrected chi connectivity index (χ0v) is 11.3. The molecule has 0 radical (unpaired) electrons. The quantitative estimate of drug-likeness (QED) is 0.812. The number of rotatable bonds is 2. The fourth-order valence-electron chi connectivity index (χ4n) is 3.33. The normalized spacial score (nSPS) is 21.5. The van der Waals surface area contributed by atoms with Gasteiger partial charge < -0.3 is 4.90 Å². The summed E-state index contributed by atoms with van der Waals surface area (Å²) in [6.07, 6.45) is 9.05. The predicted molar refractivity (Wildman–Crippen MR) is 75.0 cm³/mol. The zero-order chi connectivity index (χ0) is 13.1. The van der Waals surface area contributed by atoms with Crippen LogP contribution in [0.3, 0.4) is 0 Å². The van der Waals surface area contributed by atoms with E-state index in [4.69, 9.17) is 5.26 Å². The number of hydrogen-bond donors (Lipinski definition) is 0. The monoisotopic (exact) mass is 256 g/mol. The molecule has 0 aromatic carbocycles. The van der Waals surface area contributed by atoms with Crippen molar-refractivity contribution in [3.8, 4) is 6.07 Å². The van der Waals surface area contributed by atoms with E-state index in [1.807, 2.05) is 6.20 Å². The molecular weight excluding hydrogens is 236 g/mol. The van der Waals surface area contributed by atoms with Crippen LogP contribution in [-0.4, -0.2) is 42.1 Å². The van der Waals surface area contributed by atoms with Crippen LogP contribution in [0.15, 0.2) is 18.5 Å². The van der Waals surface area contributed by atoms with Crippen molar-refractivity contribution in [1.82, 2.24) is 9.88 Å². The maximum absolute atomic E-state index is 9.16. The Hall–Kier alpha value is -1.60. The molecule has 4 heteroatoms. The molecule has 2 aliphatic rings. The minimum atomic E-state index is 0.740. The van der Waals surface area contributed by atoms with Crippen LogP contribution >= 0.6 is 0 Å². The molecule has 0 atom stereocenters. The van der Waals surface area contributed by atoms with Crippen LogP contribution in [0, 0.1) is 11.3 Å². The van der Waals surface area contributed by atoms with Crippen molar-refractivity contribution >= 4 is 5.69 Å². The highest BCUT2D eigenvalue weighted by Gasteiger charge is 2.26. The summed E-state index contributed by atoms with van der Waals surface area (Å²) in [6, 6.07) is 4.88. The van der Waals surface area contributed by atoms with E-state index in [-0.39, 0.29) is 0 Å². The number of anilines is 1. The number of nitriles is 1. The van der Waals surface area contributed by atoms with E-state index in [0.717, 1.165) is 43.5 Å². The van der Waals surface area contributed by atoms with E-state index in [2.05, 4.69) is 20.9 Å². The van der Waals surface area contributed by atoms with E-state index < -0.39 is 0 Å². The summed E-state index contributed by atoms with van der Waals surface area (Å²) in [5.74, 6) is 0. The maximum atomic E-state index is 9.16. The van der Waals surface area contributed by atoms with Gasteiger partial charge in [0.05, 0.1) is 17.4 Å². The summed E-state index contributed by atoms with van der Waals surface area (Å²) in [7, 11) is 0. The summed E-state index contributed by atoms with van der Waals surface area (Å²) in [5.41, 5.74) is 1.74. The van der Waals surface area contributed by atoms with Gasteiger partial charge in [0.1, 0.15) is 6.07 Å². The van der Waals surface area contributed by atoms with Gasteiger partial charge in [0, 0.05) is 38.4 Å². The van der Waals surface area contributed by atoms with Gasteiger partial charge in [-0.3, -0.25) is 9.88 Å². The second-order valence-corrected chi connectivity index (χ2v) is 5.47. The molecule has 100 valence electrons. The molecule has 1 saturated carbocycles. The van der Waals surface area contributed by atoms with Crippen molar-refractivity contribution in [3.05, 3.63) is 24.0 Å². The van der Waals surface area contributed by atoms with Crippen LogP contribution in [0.5, 0.6) is 0 Å². The van der Waals surface area contributed by atoms with Crippen LogP contribution in [0.1, 0.15) is 31.2 Å². The molecule has 2 heterocycles. The summed E-state index contributed by atoms with van der Waals surface area (Å²) < 4.78 is 0. The highest BCUT2D eigenvalue weighted by atomic mass is 15.3. The molecule has 3 rings (SSSR count). The molecule has 0 bridgehead atoms. The van der Waals surface area contributed by atoms with Crippen molar-refractivity contribution in [3.63, 3.8) is 0 Å². The smallest absolute Gasteiger partial charge is 0.101 e. The molecule has 0 unspecified atom stereocenters. The Morgan fingerprint density at radius 2 is 1.89 bits per heavy atom. The molecule has 0 spiro atoms. The van der Waals surface area contributed by atoms with Gasteiger partial charge in [-0.2, -0.15) is 5.26 Å². The van der Waals surface area contributed by atoms with Gasteiger partial charge in [-0.05, 0) is 18.9 Å². The molecule has 19 heavy (non-hydrogen) atoms. The first kappa shape index (κ1) is 12.4. The van der Waals surface area contributed by atoms with Crippen molar-refractivity contribution in [2.45, 2.75) is 31.7 Å². The van der Waals surface area contributed by atoms with Crippen LogP contribution in [0.25, 0.3) is 0 Å². The second kappa shape index (κ2) is 5.58. The Bertz CT molecular complexity index is 465. The highest BCUT2D eigenvalue weighted by molar-refractivity contribution is 5.57. The summed E-state index contributed by atoms with van der Waals surface area (Å²) in [6.45, 7) is 4.25. The number of aromatic nitrogens is 1. The minimum absolute atomic E-state index is 0.740. The largest absolute Gasteiger partial charge is 0.367 e. The molecule has 1 aromatic heterocycles. The topological polar surface area (TPSA) is 43.2 Å². The van der Waals surface area contributed by atoms with Crippen molar-refractivity contribution < 1.29 is 0 Å². The average Bonchev–Trinajstić information content (AvgIpc) is 3.02. The third-order valence-electron chi connectivity index (χ3n) is 4.42. The van der Waals surface area contributed by atoms with E-state index >= 15 is 0 Å². The van der Waals surface area contributed by atoms with E-state index in [1.165, 1.54) is 25.7 Å². The molecule has 0 amide bonds. The molecule has 1 aliphatic carbocycles. The lowest BCUT2D eigenvalue weighted by Gasteiger charge is -2.39. The van der Waals surface area contributed by atoms with Gasteiger partial charge in [0.15, 0.2) is 0 Å². The van der Waals surface area contributed by atoms with Gasteiger partial charge in [-0.15, -0.1) is 0 Å². The number of hydrogen-bond acceptors (Lipinski definition) is 4. The van der Waals surface area contributed by atoms with Crippen molar-refractivity contribution in [2.75, 3.05) is 31.1 Å². The molecule has 2 fully saturated rings. The van der Waals surface area contributed by atoms with E-state index in [9.17, 15) is 0 Å². The lowest BCUT2D eigenvalue weighted by Crippen LogP contribution is -2.49. The lowest BCUT2D eigenvalue weighted by atomic mass is 10.1. The minimum Gasteiger partial charge on any atom is -0.367 e. The second-order valence-electron chi connectivity index (χ2n) is 5.47. The van der Waals surface area contributed by atoms with Gasteiger partial charge in [0.2, 0.25) is 0 Å². The Morgan fingerprint density at radius 1 is 1.16 bits per heavy atom. The molecule has 1 aromatic rings. The average molecular weight is 256 g/mol. The molecular formula is C15H20N4. The highest BCUT2D eigenvalue weighted by Crippen LogP contribution is 2.26. The Kier molecular flexibility index (Phi) is 3.65. The Morgan fingerprint density at radius 3 is 2.58 bits per heavy atom. The van der Waals surface area contributed by atoms with Gasteiger partial charge in [0.25, 0.3) is 0 Å². The van der Waals surface area contributed by atoms with Gasteiger partial charge in [-0.25, -0.2) is 0 Å². The van der Waals surface area contributed by atoms with Gasteiger partial charge >= 0.3 is 0 Å². The zero-order valence-electron chi connectivity index (χ0n) is 11.3. The lowest BCUT2D eigenvalue weighted by molar-refractivity contribution is 0.187. The Balaban J connectivity index is 1.65. The van der Waals surface area contributed by atoms with E-state index in [0.29, 0.717) is 0 Å². The number of nitrogens with zero attached hydrogens (tertiary/aromatic N) is 4. The fourth-order valence-corrected chi connectivity index (χ4v) is 3.33. The van der Waals surface area contributed by atoms with Crippen LogP contribution in [-0.2, 0) is 0 Å². The Labute approximate surface area is 114 Å². The molecule has 1 aliphatic heterocycles. The predicted octanol–water partition coefficient (Wildman–Crippen LogP) is 2.02. The first-order chi connectivity index (χ1) is 9.38. The first-order valence-corrected chi connectivity index (χ1v) is 7.21. The van der Waals surface area contributed by atoms with Crippen LogP contribution in [0.4, 0.5) is 5.69 Å². The summed E-state index contributed by atoms with van der Waals surface area (Å²) >= 11 is 0. The SMILES string of the molecule is N#Cc1ccncc1N1CCN(C2CCCC2)CC1. The standard InChI is InChI=1S/C15H20N4/c16-11-13-5-6-17-12-15(13)19-9-7-18(8-10-19)14-3-1-2-4-14/h5-6,12,14H,1-4,7-10H2. The third kappa shape index (κ3) is 2.57. The van der Waals surface area contributed by atoms with Crippen LogP contribution < -0.4 is 4.90 Å². The van der Waals surface area contributed by atoms with Crippen molar-refractivity contribution in [2.24, 2.45) is 0 Å². The molecule has 4 nitrogen and oxygen atoms in total. The maximum Gasteiger partial charge on any atom is 0.101 e. The first-order valence-electron chi connectivity index (χ1n) is 7.21. The number of pyridine rings is 1. The van der Waals surface area contributed by atoms with Crippen LogP contribution in [0.2, 0.25) is 0 Å². The fraction of sp³-hybridized carbons (Fsp3) is 0.600.